The average Bonchev–Trinajstić information content (AvgIpc) is 3.98. The molecule has 0 saturated carbocycles. The number of ether oxygens (including phenoxy) is 1. The highest BCUT2D eigenvalue weighted by Gasteiger charge is 2.38. The number of amides is 2. The minimum atomic E-state index is -5.08. The van der Waals surface area contributed by atoms with E-state index in [-0.39, 0.29) is 6.03 Å². The van der Waals surface area contributed by atoms with Gasteiger partial charge in [0.2, 0.25) is 0 Å². The summed E-state index contributed by atoms with van der Waals surface area (Å²) < 4.78 is 40.0. The van der Waals surface area contributed by atoms with Crippen LogP contribution in [0.4, 0.5) is 18.0 Å². The van der Waals surface area contributed by atoms with Crippen molar-refractivity contribution in [3.05, 3.63) is 126 Å². The van der Waals surface area contributed by atoms with Crippen molar-refractivity contribution in [3.63, 3.8) is 0 Å². The molecule has 4 aromatic carbocycles. The number of alkyl halides is 3. The summed E-state index contributed by atoms with van der Waals surface area (Å²) in [6.07, 6.45) is 1.31. The van der Waals surface area contributed by atoms with Gasteiger partial charge in [-0.15, -0.1) is 16.4 Å². The van der Waals surface area contributed by atoms with Crippen molar-refractivity contribution in [2.24, 2.45) is 5.73 Å². The number of nitrogens with zero attached hydrogens (tertiary/aromatic N) is 5. The number of aromatic nitrogens is 4. The molecule has 2 aromatic heterocycles. The highest BCUT2D eigenvalue weighted by atomic mass is 32.1. The van der Waals surface area contributed by atoms with Crippen molar-refractivity contribution in [1.82, 2.24) is 30.2 Å². The third kappa shape index (κ3) is 11.0. The molecule has 0 spiro atoms. The molecule has 6 aromatic rings. The summed E-state index contributed by atoms with van der Waals surface area (Å²) in [6, 6.07) is 35.8. The molecule has 0 radical (unpaired) electrons. The summed E-state index contributed by atoms with van der Waals surface area (Å²) in [5, 5.41) is 19.7. The second kappa shape index (κ2) is 19.2. The van der Waals surface area contributed by atoms with Crippen molar-refractivity contribution in [2.75, 3.05) is 32.8 Å². The summed E-state index contributed by atoms with van der Waals surface area (Å²) in [5.74, 6) is -2.06. The second-order valence-corrected chi connectivity index (χ2v) is 14.2. The molecule has 4 N–H and O–H groups in total. The Balaban J connectivity index is 0.000000719. The normalized spacial score (nSPS) is 12.6. The quantitative estimate of drug-likeness (QED) is 0.0891. The number of urea groups is 1. The van der Waals surface area contributed by atoms with Crippen LogP contribution in [0, 0.1) is 0 Å². The van der Waals surface area contributed by atoms with E-state index in [9.17, 15) is 18.0 Å². The predicted octanol–water partition coefficient (Wildman–Crippen LogP) is 7.83. The molecule has 0 bridgehead atoms. The number of aryl methyl sites for hydroxylation is 3. The van der Waals surface area contributed by atoms with Crippen LogP contribution in [0.5, 0.6) is 5.75 Å². The molecule has 57 heavy (non-hydrogen) atoms. The van der Waals surface area contributed by atoms with Crippen molar-refractivity contribution >= 4 is 23.3 Å². The lowest BCUT2D eigenvalue weighted by Gasteiger charge is -2.16. The Hall–Kier alpha value is -6.06. The van der Waals surface area contributed by atoms with Gasteiger partial charge >= 0.3 is 18.2 Å². The molecular weight excluding hydrogens is 756 g/mol. The number of carboxylic acids is 1. The lowest BCUT2D eigenvalue weighted by atomic mass is 10.0. The fourth-order valence-electron chi connectivity index (χ4n) is 6.14. The van der Waals surface area contributed by atoms with Gasteiger partial charge in [-0.25, -0.2) is 19.3 Å². The Bertz CT molecular complexity index is 2230. The van der Waals surface area contributed by atoms with E-state index in [1.54, 1.807) is 20.9 Å². The van der Waals surface area contributed by atoms with Crippen LogP contribution >= 0.6 is 11.3 Å². The molecule has 2 amide bonds. The third-order valence-corrected chi connectivity index (χ3v) is 10.3. The van der Waals surface area contributed by atoms with Crippen molar-refractivity contribution < 1.29 is 32.6 Å². The minimum Gasteiger partial charge on any atom is -0.491 e. The van der Waals surface area contributed by atoms with Gasteiger partial charge in [0.25, 0.3) is 0 Å². The maximum atomic E-state index is 12.2. The number of carboxylic acid groups (broad SMARTS) is 1. The molecule has 0 unspecified atom stereocenters. The Morgan fingerprint density at radius 2 is 1.58 bits per heavy atom. The highest BCUT2D eigenvalue weighted by Crippen LogP contribution is 2.40. The first kappa shape index (κ1) is 40.6. The number of aliphatic carboxylic acids is 1. The standard InChI is InChI=1S/C40H41N7O2S.C2HF3O2/c41-22-8-7-13-33-28-47(45-44-33)34-19-20-35(37(27-34)49-26-25-46-24-23-42-40(46)48)39-43-36(38(50-39)32-11-5-2-6-12-32)21-16-29-14-17-31(18-15-29)30-9-3-1-4-10-30;3-2(4,5)1(6)7/h1-6,9-12,14-15,17-20,27-28H,7-8,13,16,21-26,41H2,(H,42,48);(H,6,7). The molecule has 11 nitrogen and oxygen atoms in total. The van der Waals surface area contributed by atoms with Crippen LogP contribution in [-0.2, 0) is 24.1 Å². The van der Waals surface area contributed by atoms with Crippen LogP contribution in [0.1, 0.15) is 29.8 Å². The average molecular weight is 798 g/mol. The predicted molar refractivity (Wildman–Crippen MR) is 213 cm³/mol. The van der Waals surface area contributed by atoms with Crippen LogP contribution < -0.4 is 15.8 Å². The van der Waals surface area contributed by atoms with Crippen molar-refractivity contribution in [2.45, 2.75) is 38.3 Å². The molecule has 3 heterocycles. The minimum absolute atomic E-state index is 0.0564. The van der Waals surface area contributed by atoms with Gasteiger partial charge in [-0.3, -0.25) is 0 Å². The van der Waals surface area contributed by atoms with E-state index in [1.165, 1.54) is 16.7 Å². The van der Waals surface area contributed by atoms with E-state index in [2.05, 4.69) is 94.5 Å². The molecule has 1 saturated heterocycles. The number of carbonyl (C=O) groups is 2. The molecule has 1 aliphatic rings. The summed E-state index contributed by atoms with van der Waals surface area (Å²) in [6.45, 7) is 2.84. The van der Waals surface area contributed by atoms with Gasteiger partial charge in [0, 0.05) is 19.2 Å². The number of rotatable bonds is 15. The van der Waals surface area contributed by atoms with Gasteiger partial charge in [-0.05, 0) is 73.0 Å². The van der Waals surface area contributed by atoms with Crippen LogP contribution in [0.15, 0.2) is 109 Å². The number of unbranched alkanes of at least 4 members (excludes halogenated alkanes) is 1. The van der Waals surface area contributed by atoms with Gasteiger partial charge < -0.3 is 25.8 Å². The van der Waals surface area contributed by atoms with E-state index >= 15 is 0 Å². The fraction of sp³-hybridized carbons (Fsp3) is 0.262. The molecular formula is C42H42F3N7O4S. The third-order valence-electron chi connectivity index (χ3n) is 9.14. The van der Waals surface area contributed by atoms with E-state index in [1.807, 2.05) is 30.5 Å². The van der Waals surface area contributed by atoms with Crippen molar-refractivity contribution in [3.8, 4) is 43.6 Å². The van der Waals surface area contributed by atoms with E-state index in [4.69, 9.17) is 25.4 Å². The van der Waals surface area contributed by atoms with Crippen LogP contribution in [0.3, 0.4) is 0 Å². The number of carbonyl (C=O) groups excluding carboxylic acids is 1. The zero-order chi connectivity index (χ0) is 40.2. The number of hydrogen-bond donors (Lipinski definition) is 3. The van der Waals surface area contributed by atoms with E-state index < -0.39 is 12.1 Å². The molecule has 7 rings (SSSR count). The molecule has 296 valence electrons. The Morgan fingerprint density at radius 3 is 2.23 bits per heavy atom. The number of thiazole rings is 1. The highest BCUT2D eigenvalue weighted by molar-refractivity contribution is 7.18. The molecule has 1 aliphatic heterocycles. The Labute approximate surface area is 331 Å². The molecule has 15 heteroatoms. The fourth-order valence-corrected chi connectivity index (χ4v) is 7.29. The first-order valence-corrected chi connectivity index (χ1v) is 19.3. The monoisotopic (exact) mass is 797 g/mol. The summed E-state index contributed by atoms with van der Waals surface area (Å²) >= 11 is 1.68. The molecule has 1 fully saturated rings. The SMILES string of the molecule is NCCCCc1cn(-c2ccc(-c3nc(CCc4ccc(-c5ccccc5)cc4)c(-c4ccccc4)s3)c(OCCN3CCNC3=O)c2)nn1.O=C(O)C(F)(F)F. The summed E-state index contributed by atoms with van der Waals surface area (Å²) in [4.78, 5) is 29.3. The topological polar surface area (TPSA) is 148 Å². The van der Waals surface area contributed by atoms with Crippen molar-refractivity contribution in [1.29, 1.82) is 0 Å². The maximum Gasteiger partial charge on any atom is 0.490 e. The number of nitrogens with two attached hydrogens (primary N) is 1. The van der Waals surface area contributed by atoms with Gasteiger partial charge in [0.1, 0.15) is 17.4 Å². The van der Waals surface area contributed by atoms with Crippen LogP contribution in [-0.4, -0.2) is 80.9 Å². The van der Waals surface area contributed by atoms with Gasteiger partial charge in [0.15, 0.2) is 0 Å². The number of halogens is 3. The van der Waals surface area contributed by atoms with Gasteiger partial charge in [-0.1, -0.05) is 90.1 Å². The van der Waals surface area contributed by atoms with E-state index in [0.29, 0.717) is 38.5 Å². The van der Waals surface area contributed by atoms with Crippen LogP contribution in [0.25, 0.3) is 37.8 Å². The Kier molecular flexibility index (Phi) is 13.7. The maximum absolute atomic E-state index is 12.2. The summed E-state index contributed by atoms with van der Waals surface area (Å²) in [5.41, 5.74) is 14.3. The lowest BCUT2D eigenvalue weighted by molar-refractivity contribution is -0.192. The first-order chi connectivity index (χ1) is 27.6. The Morgan fingerprint density at radius 1 is 0.895 bits per heavy atom. The molecule has 0 aliphatic carbocycles. The first-order valence-electron chi connectivity index (χ1n) is 18.5. The smallest absolute Gasteiger partial charge is 0.490 e. The molecule has 0 atom stereocenters. The number of nitrogens with one attached hydrogen (secondary N) is 1. The summed E-state index contributed by atoms with van der Waals surface area (Å²) in [7, 11) is 0. The zero-order valence-corrected chi connectivity index (χ0v) is 31.8. The zero-order valence-electron chi connectivity index (χ0n) is 31.0. The van der Waals surface area contributed by atoms with Gasteiger partial charge in [0.05, 0.1) is 40.3 Å². The largest absolute Gasteiger partial charge is 0.491 e. The van der Waals surface area contributed by atoms with Gasteiger partial charge in [-0.2, -0.15) is 13.2 Å². The lowest BCUT2D eigenvalue weighted by Crippen LogP contribution is -2.31. The second-order valence-electron chi connectivity index (χ2n) is 13.2. The number of benzene rings is 4. The number of hydrogen-bond acceptors (Lipinski definition) is 8. The van der Waals surface area contributed by atoms with Crippen LogP contribution in [0.2, 0.25) is 0 Å². The van der Waals surface area contributed by atoms with E-state index in [0.717, 1.165) is 70.2 Å².